The molecule has 2 atom stereocenters. The number of ether oxygens (including phenoxy) is 1. The number of rotatable bonds is 3. The van der Waals surface area contributed by atoms with Crippen LogP contribution < -0.4 is 10.5 Å². The molecule has 0 spiro atoms. The molecule has 1 fully saturated rings. The molecule has 0 aromatic heterocycles. The lowest BCUT2D eigenvalue weighted by molar-refractivity contribution is -0.119. The third-order valence-electron chi connectivity index (χ3n) is 3.16. The van der Waals surface area contributed by atoms with Crippen LogP contribution in [0.5, 0.6) is 0 Å². The number of nitrogens with two attached hydrogens (primary N) is 1. The van der Waals surface area contributed by atoms with Crippen molar-refractivity contribution in [2.24, 2.45) is 11.1 Å². The zero-order valence-electron chi connectivity index (χ0n) is 11.1. The number of nitrogens with one attached hydrogen (secondary N) is 1. The fourth-order valence-corrected chi connectivity index (χ4v) is 2.59. The Morgan fingerprint density at radius 2 is 1.95 bits per heavy atom. The van der Waals surface area contributed by atoms with Gasteiger partial charge >= 0.3 is 0 Å². The summed E-state index contributed by atoms with van der Waals surface area (Å²) in [6.07, 6.45) is 0.352. The number of benzene rings is 1. The van der Waals surface area contributed by atoms with E-state index in [1.807, 2.05) is 0 Å². The van der Waals surface area contributed by atoms with Gasteiger partial charge in [-0.1, -0.05) is 0 Å². The zero-order valence-corrected chi connectivity index (χ0v) is 11.9. The Bertz CT molecular complexity index is 655. The Balaban J connectivity index is 2.23. The van der Waals surface area contributed by atoms with Crippen molar-refractivity contribution in [3.05, 3.63) is 23.8 Å². The normalized spacial score (nSPS) is 22.3. The summed E-state index contributed by atoms with van der Waals surface area (Å²) in [7, 11) is -4.23. The van der Waals surface area contributed by atoms with Crippen molar-refractivity contribution >= 4 is 21.6 Å². The highest BCUT2D eigenvalue weighted by molar-refractivity contribution is 7.89. The number of carbonyl (C=O) groups is 1. The van der Waals surface area contributed by atoms with Gasteiger partial charge in [0.15, 0.2) is 11.6 Å². The van der Waals surface area contributed by atoms with E-state index < -0.39 is 44.1 Å². The quantitative estimate of drug-likeness (QED) is 0.867. The van der Waals surface area contributed by atoms with Crippen LogP contribution in [0.3, 0.4) is 0 Å². The SMILES string of the molecule is CC1CC(C(=O)Nc2c(F)cc(S(N)(=O)=O)cc2F)CO1. The fraction of sp³-hybridized carbons (Fsp3) is 0.417. The molecular weight excluding hydrogens is 306 g/mol. The third kappa shape index (κ3) is 3.55. The van der Waals surface area contributed by atoms with Crippen LogP contribution in [0.4, 0.5) is 14.5 Å². The predicted molar refractivity (Wildman–Crippen MR) is 69.9 cm³/mol. The van der Waals surface area contributed by atoms with Crippen molar-refractivity contribution in [2.45, 2.75) is 24.3 Å². The Morgan fingerprint density at radius 3 is 2.38 bits per heavy atom. The number of sulfonamides is 1. The van der Waals surface area contributed by atoms with E-state index in [-0.39, 0.29) is 12.7 Å². The minimum absolute atomic E-state index is 0.0970. The van der Waals surface area contributed by atoms with Crippen molar-refractivity contribution < 1.29 is 26.7 Å². The van der Waals surface area contributed by atoms with Gasteiger partial charge < -0.3 is 10.1 Å². The van der Waals surface area contributed by atoms with Crippen LogP contribution in [-0.2, 0) is 19.6 Å². The highest BCUT2D eigenvalue weighted by Crippen LogP contribution is 2.25. The van der Waals surface area contributed by atoms with Crippen molar-refractivity contribution in [3.63, 3.8) is 0 Å². The first-order valence-electron chi connectivity index (χ1n) is 6.13. The van der Waals surface area contributed by atoms with Gasteiger partial charge in [0.05, 0.1) is 23.5 Å². The van der Waals surface area contributed by atoms with Crippen LogP contribution in [0.25, 0.3) is 0 Å². The Kier molecular flexibility index (Phi) is 4.26. The summed E-state index contributed by atoms with van der Waals surface area (Å²) in [4.78, 5) is 11.2. The van der Waals surface area contributed by atoms with Gasteiger partial charge in [0.1, 0.15) is 5.69 Å². The van der Waals surface area contributed by atoms with E-state index in [1.165, 1.54) is 0 Å². The largest absolute Gasteiger partial charge is 0.378 e. The van der Waals surface area contributed by atoms with E-state index in [9.17, 15) is 22.0 Å². The average Bonchev–Trinajstić information content (AvgIpc) is 2.79. The lowest BCUT2D eigenvalue weighted by Gasteiger charge is -2.12. The zero-order chi connectivity index (χ0) is 15.8. The molecule has 9 heteroatoms. The molecule has 6 nitrogen and oxygen atoms in total. The first-order chi connectivity index (χ1) is 9.68. The van der Waals surface area contributed by atoms with Crippen LogP contribution >= 0.6 is 0 Å². The Labute approximate surface area is 120 Å². The molecule has 2 unspecified atom stereocenters. The van der Waals surface area contributed by atoms with Crippen LogP contribution in [-0.4, -0.2) is 27.0 Å². The second-order valence-electron chi connectivity index (χ2n) is 4.87. The van der Waals surface area contributed by atoms with Crippen molar-refractivity contribution in [2.75, 3.05) is 11.9 Å². The fourth-order valence-electron chi connectivity index (χ4n) is 2.06. The summed E-state index contributed by atoms with van der Waals surface area (Å²) in [5.41, 5.74) is -0.702. The number of carbonyl (C=O) groups excluding carboxylic acids is 1. The van der Waals surface area contributed by atoms with E-state index in [0.717, 1.165) is 0 Å². The Hall–Kier alpha value is -1.58. The van der Waals surface area contributed by atoms with E-state index in [2.05, 4.69) is 5.32 Å². The predicted octanol–water partition coefficient (Wildman–Crippen LogP) is 0.976. The number of hydrogen-bond acceptors (Lipinski definition) is 4. The molecule has 21 heavy (non-hydrogen) atoms. The van der Waals surface area contributed by atoms with Gasteiger partial charge in [-0.3, -0.25) is 4.79 Å². The van der Waals surface area contributed by atoms with E-state index >= 15 is 0 Å². The second-order valence-corrected chi connectivity index (χ2v) is 6.43. The summed E-state index contributed by atoms with van der Waals surface area (Å²) in [6.45, 7) is 1.96. The smallest absolute Gasteiger partial charge is 0.238 e. The molecule has 0 saturated carbocycles. The van der Waals surface area contributed by atoms with Gasteiger partial charge in [0.2, 0.25) is 15.9 Å². The number of halogens is 2. The molecule has 1 aliphatic heterocycles. The van der Waals surface area contributed by atoms with Gasteiger partial charge in [-0.05, 0) is 25.5 Å². The Morgan fingerprint density at radius 1 is 1.38 bits per heavy atom. The lowest BCUT2D eigenvalue weighted by atomic mass is 10.1. The molecule has 1 aromatic carbocycles. The summed E-state index contributed by atoms with van der Waals surface area (Å²) in [6, 6.07) is 1.11. The molecule has 0 radical (unpaired) electrons. The monoisotopic (exact) mass is 320 g/mol. The van der Waals surface area contributed by atoms with E-state index in [1.54, 1.807) is 6.92 Å². The molecule has 1 aliphatic rings. The minimum Gasteiger partial charge on any atom is -0.378 e. The van der Waals surface area contributed by atoms with Crippen LogP contribution in [0.1, 0.15) is 13.3 Å². The van der Waals surface area contributed by atoms with Crippen molar-refractivity contribution in [1.29, 1.82) is 0 Å². The first kappa shape index (κ1) is 15.8. The maximum Gasteiger partial charge on any atom is 0.238 e. The number of amides is 1. The molecule has 1 aromatic rings. The highest BCUT2D eigenvalue weighted by atomic mass is 32.2. The summed E-state index contributed by atoms with van der Waals surface area (Å²) >= 11 is 0. The van der Waals surface area contributed by atoms with Gasteiger partial charge in [0.25, 0.3) is 0 Å². The molecule has 116 valence electrons. The van der Waals surface area contributed by atoms with Gasteiger partial charge in [-0.25, -0.2) is 22.3 Å². The molecule has 2 rings (SSSR count). The van der Waals surface area contributed by atoms with E-state index in [0.29, 0.717) is 18.6 Å². The molecule has 3 N–H and O–H groups in total. The first-order valence-corrected chi connectivity index (χ1v) is 7.67. The molecule has 1 heterocycles. The van der Waals surface area contributed by atoms with Crippen LogP contribution in [0.15, 0.2) is 17.0 Å². The van der Waals surface area contributed by atoms with Gasteiger partial charge in [-0.2, -0.15) is 0 Å². The standard InChI is InChI=1S/C12H14F2N2O4S/c1-6-2-7(5-20-6)12(17)16-11-9(13)3-8(4-10(11)14)21(15,18)19/h3-4,6-7H,2,5H2,1H3,(H,16,17)(H2,15,18,19). The number of anilines is 1. The van der Waals surface area contributed by atoms with Crippen molar-refractivity contribution in [1.82, 2.24) is 0 Å². The topological polar surface area (TPSA) is 98.5 Å². The van der Waals surface area contributed by atoms with E-state index in [4.69, 9.17) is 9.88 Å². The highest BCUT2D eigenvalue weighted by Gasteiger charge is 2.29. The molecule has 0 aliphatic carbocycles. The van der Waals surface area contributed by atoms with Crippen molar-refractivity contribution in [3.8, 4) is 0 Å². The molecule has 1 amide bonds. The van der Waals surface area contributed by atoms with Gasteiger partial charge in [-0.15, -0.1) is 0 Å². The van der Waals surface area contributed by atoms with Crippen LogP contribution in [0, 0.1) is 17.6 Å². The summed E-state index contributed by atoms with van der Waals surface area (Å²) in [5, 5.41) is 6.91. The summed E-state index contributed by atoms with van der Waals surface area (Å²) < 4.78 is 54.8. The summed E-state index contributed by atoms with van der Waals surface area (Å²) in [5.74, 6) is -3.50. The number of hydrogen-bond donors (Lipinski definition) is 2. The maximum absolute atomic E-state index is 13.8. The van der Waals surface area contributed by atoms with Gasteiger partial charge in [0, 0.05) is 0 Å². The lowest BCUT2D eigenvalue weighted by Crippen LogP contribution is -2.24. The number of primary sulfonamides is 1. The van der Waals surface area contributed by atoms with Crippen LogP contribution in [0.2, 0.25) is 0 Å². The average molecular weight is 320 g/mol. The third-order valence-corrected chi connectivity index (χ3v) is 4.05. The molecule has 1 saturated heterocycles. The maximum atomic E-state index is 13.8. The molecule has 0 bridgehead atoms. The second kappa shape index (κ2) is 5.66. The minimum atomic E-state index is -4.23. The molecular formula is C12H14F2N2O4S.